The third kappa shape index (κ3) is 3.22. The van der Waals surface area contributed by atoms with Crippen LogP contribution in [0.15, 0.2) is 18.2 Å². The van der Waals surface area contributed by atoms with Crippen LogP contribution in [0.5, 0.6) is 5.75 Å². The van der Waals surface area contributed by atoms with Crippen molar-refractivity contribution in [1.29, 1.82) is 5.26 Å². The predicted octanol–water partition coefficient (Wildman–Crippen LogP) is 1.75. The van der Waals surface area contributed by atoms with Crippen LogP contribution < -0.4 is 10.5 Å². The molecule has 0 heterocycles. The number of rotatable bonds is 3. The summed E-state index contributed by atoms with van der Waals surface area (Å²) in [6.07, 6.45) is 0. The van der Waals surface area contributed by atoms with E-state index in [0.717, 1.165) is 5.56 Å². The first-order valence-corrected chi connectivity index (χ1v) is 4.54. The highest BCUT2D eigenvalue weighted by atomic mass is 19.1. The van der Waals surface area contributed by atoms with Crippen LogP contribution in [-0.4, -0.2) is 12.1 Å². The van der Waals surface area contributed by atoms with Gasteiger partial charge < -0.3 is 10.5 Å². The second kappa shape index (κ2) is 4.28. The Morgan fingerprint density at radius 2 is 2.27 bits per heavy atom. The minimum absolute atomic E-state index is 0.0378. The van der Waals surface area contributed by atoms with Crippen molar-refractivity contribution in [3.63, 3.8) is 0 Å². The van der Waals surface area contributed by atoms with Crippen LogP contribution >= 0.6 is 0 Å². The molecule has 0 aliphatic carbocycles. The predicted molar refractivity (Wildman–Crippen MR) is 54.8 cm³/mol. The lowest BCUT2D eigenvalue weighted by atomic mass is 10.1. The second-order valence-corrected chi connectivity index (χ2v) is 3.75. The summed E-state index contributed by atoms with van der Waals surface area (Å²) in [5.41, 5.74) is 5.33. The van der Waals surface area contributed by atoms with Gasteiger partial charge in [-0.3, -0.25) is 0 Å². The summed E-state index contributed by atoms with van der Waals surface area (Å²) in [5, 5.41) is 8.65. The molecule has 0 radical (unpaired) electrons. The normalized spacial score (nSPS) is 14.1. The van der Waals surface area contributed by atoms with Gasteiger partial charge in [-0.25, -0.2) is 4.39 Å². The van der Waals surface area contributed by atoms with E-state index < -0.39 is 11.4 Å². The highest BCUT2D eigenvalue weighted by molar-refractivity contribution is 5.29. The Balaban J connectivity index is 2.74. The van der Waals surface area contributed by atoms with E-state index in [1.54, 1.807) is 12.1 Å². The van der Waals surface area contributed by atoms with E-state index in [1.807, 2.05) is 13.0 Å². The average Bonchev–Trinajstić information content (AvgIpc) is 2.20. The molecule has 1 aromatic rings. The first-order chi connectivity index (χ1) is 6.94. The molecule has 0 fully saturated rings. The molecule has 0 aliphatic rings. The van der Waals surface area contributed by atoms with Crippen LogP contribution in [-0.2, 0) is 0 Å². The minimum atomic E-state index is -1.10. The van der Waals surface area contributed by atoms with Crippen molar-refractivity contribution in [3.05, 3.63) is 29.6 Å². The molecule has 3 nitrogen and oxygen atoms in total. The van der Waals surface area contributed by atoms with Gasteiger partial charge in [0.2, 0.25) is 0 Å². The lowest BCUT2D eigenvalue weighted by molar-refractivity contribution is 0.253. The van der Waals surface area contributed by atoms with E-state index in [9.17, 15) is 4.39 Å². The van der Waals surface area contributed by atoms with Crippen molar-refractivity contribution >= 4 is 0 Å². The first-order valence-electron chi connectivity index (χ1n) is 4.54. The third-order valence-corrected chi connectivity index (χ3v) is 1.87. The quantitative estimate of drug-likeness (QED) is 0.823. The topological polar surface area (TPSA) is 59.0 Å². The molecule has 0 aliphatic heterocycles. The summed E-state index contributed by atoms with van der Waals surface area (Å²) >= 11 is 0. The Kier molecular flexibility index (Phi) is 3.28. The van der Waals surface area contributed by atoms with Crippen molar-refractivity contribution in [2.75, 3.05) is 6.61 Å². The minimum Gasteiger partial charge on any atom is -0.487 e. The number of aryl methyl sites for hydroxylation is 1. The Bertz CT molecular complexity index is 396. The molecule has 2 N–H and O–H groups in total. The molecule has 1 aromatic carbocycles. The molecule has 0 aromatic heterocycles. The summed E-state index contributed by atoms with van der Waals surface area (Å²) < 4.78 is 18.4. The average molecular weight is 208 g/mol. The van der Waals surface area contributed by atoms with Gasteiger partial charge in [-0.2, -0.15) is 5.26 Å². The van der Waals surface area contributed by atoms with Crippen molar-refractivity contribution in [1.82, 2.24) is 0 Å². The van der Waals surface area contributed by atoms with E-state index in [-0.39, 0.29) is 12.4 Å². The van der Waals surface area contributed by atoms with Gasteiger partial charge in [-0.1, -0.05) is 6.07 Å². The lowest BCUT2D eigenvalue weighted by Gasteiger charge is -2.16. The molecule has 1 rings (SSSR count). The van der Waals surface area contributed by atoms with Crippen LogP contribution in [0.25, 0.3) is 0 Å². The first kappa shape index (κ1) is 11.5. The standard InChI is InChI=1S/C11H13FN2O/c1-8-3-4-9(12)10(5-8)15-7-11(2,14)6-13/h3-5H,7,14H2,1-2H3. The van der Waals surface area contributed by atoms with Crippen molar-refractivity contribution < 1.29 is 9.13 Å². The SMILES string of the molecule is Cc1ccc(F)c(OCC(C)(N)C#N)c1. The number of benzene rings is 1. The largest absolute Gasteiger partial charge is 0.487 e. The van der Waals surface area contributed by atoms with Crippen LogP contribution in [0.4, 0.5) is 4.39 Å². The maximum atomic E-state index is 13.2. The van der Waals surface area contributed by atoms with E-state index >= 15 is 0 Å². The number of hydrogen-bond acceptors (Lipinski definition) is 3. The van der Waals surface area contributed by atoms with Gasteiger partial charge in [0, 0.05) is 0 Å². The van der Waals surface area contributed by atoms with Crippen LogP contribution in [0.2, 0.25) is 0 Å². The Morgan fingerprint density at radius 3 is 2.87 bits per heavy atom. The number of nitrogens with zero attached hydrogens (tertiary/aromatic N) is 1. The van der Waals surface area contributed by atoms with Gasteiger partial charge in [0.05, 0.1) is 6.07 Å². The van der Waals surface area contributed by atoms with Gasteiger partial charge >= 0.3 is 0 Å². The summed E-state index contributed by atoms with van der Waals surface area (Å²) in [4.78, 5) is 0. The van der Waals surface area contributed by atoms with E-state index in [2.05, 4.69) is 0 Å². The van der Waals surface area contributed by atoms with Gasteiger partial charge in [0.15, 0.2) is 11.6 Å². The Morgan fingerprint density at radius 1 is 1.60 bits per heavy atom. The fraction of sp³-hybridized carbons (Fsp3) is 0.364. The summed E-state index contributed by atoms with van der Waals surface area (Å²) in [5.74, 6) is -0.323. The smallest absolute Gasteiger partial charge is 0.165 e. The molecular weight excluding hydrogens is 195 g/mol. The summed E-state index contributed by atoms with van der Waals surface area (Å²) in [7, 11) is 0. The molecule has 0 spiro atoms. The van der Waals surface area contributed by atoms with Crippen LogP contribution in [0.3, 0.4) is 0 Å². The molecule has 0 bridgehead atoms. The monoisotopic (exact) mass is 208 g/mol. The Labute approximate surface area is 88.3 Å². The molecule has 80 valence electrons. The number of nitrogens with two attached hydrogens (primary N) is 1. The Hall–Kier alpha value is -1.60. The van der Waals surface area contributed by atoms with Crippen molar-refractivity contribution in [3.8, 4) is 11.8 Å². The van der Waals surface area contributed by atoms with Gasteiger partial charge in [-0.05, 0) is 31.5 Å². The zero-order valence-corrected chi connectivity index (χ0v) is 8.75. The highest BCUT2D eigenvalue weighted by Gasteiger charge is 2.19. The molecule has 4 heteroatoms. The number of nitriles is 1. The van der Waals surface area contributed by atoms with Crippen molar-refractivity contribution in [2.45, 2.75) is 19.4 Å². The van der Waals surface area contributed by atoms with Gasteiger partial charge in [-0.15, -0.1) is 0 Å². The van der Waals surface area contributed by atoms with Gasteiger partial charge in [0.25, 0.3) is 0 Å². The van der Waals surface area contributed by atoms with Crippen LogP contribution in [0.1, 0.15) is 12.5 Å². The molecule has 1 atom stereocenters. The lowest BCUT2D eigenvalue weighted by Crippen LogP contribution is -2.40. The highest BCUT2D eigenvalue weighted by Crippen LogP contribution is 2.19. The number of ether oxygens (including phenoxy) is 1. The maximum Gasteiger partial charge on any atom is 0.165 e. The van der Waals surface area contributed by atoms with E-state index in [1.165, 1.54) is 13.0 Å². The summed E-state index contributed by atoms with van der Waals surface area (Å²) in [6, 6.07) is 6.42. The van der Waals surface area contributed by atoms with Crippen molar-refractivity contribution in [2.24, 2.45) is 5.73 Å². The fourth-order valence-corrected chi connectivity index (χ4v) is 0.981. The van der Waals surface area contributed by atoms with Gasteiger partial charge in [0.1, 0.15) is 12.1 Å². The molecule has 0 saturated heterocycles. The zero-order valence-electron chi connectivity index (χ0n) is 8.75. The molecule has 0 amide bonds. The van der Waals surface area contributed by atoms with Crippen LogP contribution in [0, 0.1) is 24.1 Å². The molecule has 1 unspecified atom stereocenters. The fourth-order valence-electron chi connectivity index (χ4n) is 0.981. The molecule has 0 saturated carbocycles. The number of halogens is 1. The van der Waals surface area contributed by atoms with E-state index in [4.69, 9.17) is 15.7 Å². The van der Waals surface area contributed by atoms with E-state index in [0.29, 0.717) is 0 Å². The number of hydrogen-bond donors (Lipinski definition) is 1. The molecular formula is C11H13FN2O. The molecule has 15 heavy (non-hydrogen) atoms. The third-order valence-electron chi connectivity index (χ3n) is 1.87. The summed E-state index contributed by atoms with van der Waals surface area (Å²) in [6.45, 7) is 3.32. The second-order valence-electron chi connectivity index (χ2n) is 3.75. The zero-order chi connectivity index (χ0) is 11.5. The maximum absolute atomic E-state index is 13.2.